The molecule has 0 spiro atoms. The predicted octanol–water partition coefficient (Wildman–Crippen LogP) is 4.20. The molecule has 3 aromatic heterocycles. The highest BCUT2D eigenvalue weighted by Gasteiger charge is 2.44. The van der Waals surface area contributed by atoms with Gasteiger partial charge in [0, 0.05) is 36.3 Å². The zero-order valence-electron chi connectivity index (χ0n) is 26.5. The van der Waals surface area contributed by atoms with Gasteiger partial charge in [0.15, 0.2) is 0 Å². The Balaban J connectivity index is 0.858. The number of piperidine rings is 1. The number of fused-ring (bicyclic) bond motifs is 2. The first-order valence-electron chi connectivity index (χ1n) is 15.8. The highest BCUT2D eigenvalue weighted by molar-refractivity contribution is 6.23. The molecule has 7 rings (SSSR count). The van der Waals surface area contributed by atoms with Crippen LogP contribution in [0.2, 0.25) is 0 Å². The van der Waals surface area contributed by atoms with E-state index in [4.69, 9.17) is 9.47 Å². The molecule has 1 fully saturated rings. The molecule has 14 heteroatoms. The first-order valence-corrected chi connectivity index (χ1v) is 15.8. The van der Waals surface area contributed by atoms with Gasteiger partial charge in [0.05, 0.1) is 41.7 Å². The maximum Gasteiger partial charge on any atom is 0.416 e. The van der Waals surface area contributed by atoms with Crippen LogP contribution in [0.4, 0.5) is 10.6 Å². The van der Waals surface area contributed by atoms with Gasteiger partial charge in [-0.1, -0.05) is 24.3 Å². The number of rotatable bonds is 11. The van der Waals surface area contributed by atoms with Gasteiger partial charge in [-0.3, -0.25) is 34.4 Å². The Hall–Kier alpha value is -6.41. The number of hydrogen-bond acceptors (Lipinski definition) is 10. The Morgan fingerprint density at radius 2 is 1.66 bits per heavy atom. The van der Waals surface area contributed by atoms with Crippen molar-refractivity contribution in [3.63, 3.8) is 0 Å². The molecule has 2 aliphatic rings. The summed E-state index contributed by atoms with van der Waals surface area (Å²) < 4.78 is 12.6. The second kappa shape index (κ2) is 13.6. The maximum absolute atomic E-state index is 13.0. The van der Waals surface area contributed by atoms with Crippen molar-refractivity contribution in [2.45, 2.75) is 18.9 Å². The lowest BCUT2D eigenvalue weighted by atomic mass is 10.0. The minimum Gasteiger partial charge on any atom is -0.491 e. The van der Waals surface area contributed by atoms with Crippen molar-refractivity contribution in [2.24, 2.45) is 0 Å². The van der Waals surface area contributed by atoms with E-state index in [1.54, 1.807) is 30.7 Å². The number of carbonyl (C=O) groups is 5. The summed E-state index contributed by atoms with van der Waals surface area (Å²) in [4.78, 5) is 71.0. The third-order valence-corrected chi connectivity index (χ3v) is 8.54. The molecule has 1 unspecified atom stereocenters. The molecule has 14 nitrogen and oxygen atoms in total. The normalized spacial score (nSPS) is 15.7. The zero-order chi connectivity index (χ0) is 34.8. The molecular formula is C36H30N6O8. The molecule has 5 heterocycles. The van der Waals surface area contributed by atoms with Crippen molar-refractivity contribution in [1.29, 1.82) is 0 Å². The summed E-state index contributed by atoms with van der Waals surface area (Å²) >= 11 is 0. The Labute approximate surface area is 284 Å². The zero-order valence-corrected chi connectivity index (χ0v) is 26.5. The SMILES string of the molecule is O=C1CCC(N2C(=O)c3ccc(OCCOCCNc4ccc(-c5ccc(-c6cc7ccncc7n6C(=O)O)cc5)cn4)cc3C2=O)C(=O)N1. The van der Waals surface area contributed by atoms with E-state index < -0.39 is 35.8 Å². The maximum atomic E-state index is 13.0. The number of nitrogens with one attached hydrogen (secondary N) is 2. The van der Waals surface area contributed by atoms with Crippen LogP contribution >= 0.6 is 0 Å². The average Bonchev–Trinajstić information content (AvgIpc) is 3.63. The predicted molar refractivity (Wildman–Crippen MR) is 180 cm³/mol. The molecule has 50 heavy (non-hydrogen) atoms. The van der Waals surface area contributed by atoms with Crippen LogP contribution in [-0.4, -0.2) is 86.7 Å². The van der Waals surface area contributed by atoms with Crippen molar-refractivity contribution < 1.29 is 38.6 Å². The van der Waals surface area contributed by atoms with Crippen LogP contribution in [0.15, 0.2) is 85.3 Å². The monoisotopic (exact) mass is 674 g/mol. The molecule has 252 valence electrons. The van der Waals surface area contributed by atoms with Crippen LogP contribution in [0.25, 0.3) is 33.3 Å². The summed E-state index contributed by atoms with van der Waals surface area (Å²) in [6.45, 7) is 1.37. The van der Waals surface area contributed by atoms with E-state index in [2.05, 4.69) is 20.6 Å². The molecule has 2 aliphatic heterocycles. The van der Waals surface area contributed by atoms with Gasteiger partial charge in [-0.05, 0) is 60.0 Å². The van der Waals surface area contributed by atoms with Crippen LogP contribution in [-0.2, 0) is 14.3 Å². The lowest BCUT2D eigenvalue weighted by Crippen LogP contribution is -2.54. The number of hydrogen-bond donors (Lipinski definition) is 3. The Bertz CT molecular complexity index is 2140. The van der Waals surface area contributed by atoms with Crippen LogP contribution in [0.1, 0.15) is 33.6 Å². The molecule has 0 aliphatic carbocycles. The topological polar surface area (TPSA) is 182 Å². The van der Waals surface area contributed by atoms with Crippen molar-refractivity contribution in [3.05, 3.63) is 96.4 Å². The first-order chi connectivity index (χ1) is 24.3. The van der Waals surface area contributed by atoms with E-state index in [-0.39, 0.29) is 37.2 Å². The quantitative estimate of drug-likeness (QED) is 0.135. The largest absolute Gasteiger partial charge is 0.491 e. The van der Waals surface area contributed by atoms with E-state index in [0.29, 0.717) is 35.9 Å². The Morgan fingerprint density at radius 1 is 0.880 bits per heavy atom. The highest BCUT2D eigenvalue weighted by Crippen LogP contribution is 2.31. The summed E-state index contributed by atoms with van der Waals surface area (Å²) in [5.41, 5.74) is 4.03. The van der Waals surface area contributed by atoms with Crippen LogP contribution < -0.4 is 15.4 Å². The van der Waals surface area contributed by atoms with Gasteiger partial charge < -0.3 is 19.9 Å². The number of benzene rings is 2. The lowest BCUT2D eigenvalue weighted by Gasteiger charge is -2.27. The molecule has 0 saturated carbocycles. The summed E-state index contributed by atoms with van der Waals surface area (Å²) in [5, 5.41) is 16.0. The van der Waals surface area contributed by atoms with Crippen molar-refractivity contribution >= 4 is 46.4 Å². The van der Waals surface area contributed by atoms with E-state index in [0.717, 1.165) is 27.0 Å². The van der Waals surface area contributed by atoms with Gasteiger partial charge in [0.25, 0.3) is 11.8 Å². The molecule has 3 N–H and O–H groups in total. The van der Waals surface area contributed by atoms with Crippen LogP contribution in [0.3, 0.4) is 0 Å². The number of amides is 4. The summed E-state index contributed by atoms with van der Waals surface area (Å²) in [7, 11) is 0. The van der Waals surface area contributed by atoms with Crippen molar-refractivity contribution in [2.75, 3.05) is 31.7 Å². The number of aromatic nitrogens is 3. The Kier molecular flexibility index (Phi) is 8.75. The average molecular weight is 675 g/mol. The first kappa shape index (κ1) is 32.2. The number of anilines is 1. The Morgan fingerprint density at radius 3 is 2.42 bits per heavy atom. The molecule has 5 aromatic rings. The van der Waals surface area contributed by atoms with E-state index in [1.165, 1.54) is 16.7 Å². The van der Waals surface area contributed by atoms with Gasteiger partial charge in [0.1, 0.15) is 24.2 Å². The molecule has 1 atom stereocenters. The fourth-order valence-corrected chi connectivity index (χ4v) is 6.08. The van der Waals surface area contributed by atoms with Gasteiger partial charge >= 0.3 is 6.09 Å². The number of ether oxygens (including phenoxy) is 2. The van der Waals surface area contributed by atoms with E-state index in [9.17, 15) is 29.1 Å². The molecule has 0 radical (unpaired) electrons. The number of pyridine rings is 2. The molecule has 0 bridgehead atoms. The number of carboxylic acid groups (broad SMARTS) is 1. The van der Waals surface area contributed by atoms with E-state index >= 15 is 0 Å². The highest BCUT2D eigenvalue weighted by atomic mass is 16.5. The summed E-state index contributed by atoms with van der Waals surface area (Å²) in [5.74, 6) is -1.19. The lowest BCUT2D eigenvalue weighted by molar-refractivity contribution is -0.136. The number of imide groups is 2. The van der Waals surface area contributed by atoms with Crippen LogP contribution in [0.5, 0.6) is 5.75 Å². The second-order valence-corrected chi connectivity index (χ2v) is 11.6. The third kappa shape index (κ3) is 6.26. The van der Waals surface area contributed by atoms with E-state index in [1.807, 2.05) is 42.5 Å². The molecule has 2 aromatic carbocycles. The summed E-state index contributed by atoms with van der Waals surface area (Å²) in [6.07, 6.45) is 4.00. The minimum absolute atomic E-state index is 0.0545. The number of nitrogens with zero attached hydrogens (tertiary/aromatic N) is 4. The fraction of sp³-hybridized carbons (Fsp3) is 0.194. The third-order valence-electron chi connectivity index (χ3n) is 8.54. The second-order valence-electron chi connectivity index (χ2n) is 11.6. The molecule has 4 amide bonds. The minimum atomic E-state index is -1.07. The standard InChI is InChI=1S/C36H30N6O8/c43-32-10-8-28(33(44)40-32)42-34(45)26-7-6-25(18-27(26)35(42)46)50-16-15-49-14-13-38-31-9-5-24(19-39-31)21-1-3-22(4-2-21)29-17-23-11-12-37-20-30(23)41(29)36(47)48/h1-7,9,11-12,17-20,28H,8,10,13-16H2,(H,38,39)(H,47,48)(H,40,43,44). The van der Waals surface area contributed by atoms with Gasteiger partial charge in [0.2, 0.25) is 11.8 Å². The molecule has 1 saturated heterocycles. The van der Waals surface area contributed by atoms with Gasteiger partial charge in [-0.15, -0.1) is 0 Å². The van der Waals surface area contributed by atoms with Gasteiger partial charge in [-0.2, -0.15) is 0 Å². The number of carbonyl (C=O) groups excluding carboxylic acids is 4. The molecular weight excluding hydrogens is 644 g/mol. The summed E-state index contributed by atoms with van der Waals surface area (Å²) in [6, 6.07) is 18.6. The fourth-order valence-electron chi connectivity index (χ4n) is 6.08. The van der Waals surface area contributed by atoms with Gasteiger partial charge in [-0.25, -0.2) is 14.3 Å². The van der Waals surface area contributed by atoms with Crippen LogP contribution in [0, 0.1) is 0 Å². The van der Waals surface area contributed by atoms with Crippen molar-refractivity contribution in [3.8, 4) is 28.1 Å². The van der Waals surface area contributed by atoms with Crippen molar-refractivity contribution in [1.82, 2.24) is 24.8 Å². The smallest absolute Gasteiger partial charge is 0.416 e.